The Balaban J connectivity index is 1.68. The van der Waals surface area contributed by atoms with Crippen molar-refractivity contribution in [1.29, 1.82) is 0 Å². The first-order valence-electron chi connectivity index (χ1n) is 11.4. The van der Waals surface area contributed by atoms with Crippen molar-refractivity contribution in [2.75, 3.05) is 20.3 Å². The van der Waals surface area contributed by atoms with Gasteiger partial charge in [0.2, 0.25) is 0 Å². The van der Waals surface area contributed by atoms with Crippen molar-refractivity contribution < 1.29 is 32.1 Å². The third-order valence-electron chi connectivity index (χ3n) is 6.03. The molecule has 2 N–H and O–H groups in total. The minimum Gasteiger partial charge on any atom is -0.377 e. The number of hydrogen-bond donors (Lipinski definition) is 1. The molecule has 3 aromatic rings. The number of rotatable bonds is 8. The van der Waals surface area contributed by atoms with Gasteiger partial charge in [-0.15, -0.1) is 0 Å². The van der Waals surface area contributed by atoms with E-state index >= 15 is 0 Å². The second-order valence-corrected chi connectivity index (χ2v) is 9.73. The summed E-state index contributed by atoms with van der Waals surface area (Å²) >= 11 is 9.37. The third kappa shape index (κ3) is 6.36. The van der Waals surface area contributed by atoms with Crippen LogP contribution in [0.3, 0.4) is 0 Å². The molecule has 5 atom stereocenters. The fourth-order valence-electron chi connectivity index (χ4n) is 4.13. The lowest BCUT2D eigenvalue weighted by Crippen LogP contribution is -2.44. The smallest absolute Gasteiger partial charge is 0.377 e. The lowest BCUT2D eigenvalue weighted by molar-refractivity contribution is -0.274. The predicted octanol–water partition coefficient (Wildman–Crippen LogP) is 5.84. The topological polar surface area (TPSA) is 80.8 Å². The molecule has 0 radical (unpaired) electrons. The largest absolute Gasteiger partial charge is 0.418 e. The first-order valence-corrected chi connectivity index (χ1v) is 12.6. The first-order chi connectivity index (χ1) is 17.6. The molecule has 2 heterocycles. The van der Waals surface area contributed by atoms with Crippen LogP contribution in [-0.4, -0.2) is 48.4 Å². The average Bonchev–Trinajstić information content (AvgIpc) is 3.26. The van der Waals surface area contributed by atoms with Crippen molar-refractivity contribution in [3.63, 3.8) is 0 Å². The van der Waals surface area contributed by atoms with Crippen LogP contribution < -0.4 is 5.73 Å². The number of ether oxygens (including phenoxy) is 4. The van der Waals surface area contributed by atoms with Crippen molar-refractivity contribution in [2.45, 2.75) is 43.8 Å². The lowest BCUT2D eigenvalue weighted by Gasteiger charge is -2.38. The number of methoxy groups -OCH3 is 1. The predicted molar refractivity (Wildman–Crippen MR) is 134 cm³/mol. The van der Waals surface area contributed by atoms with E-state index in [0.29, 0.717) is 4.60 Å². The summed E-state index contributed by atoms with van der Waals surface area (Å²) < 4.78 is 67.0. The monoisotopic (exact) mass is 603 g/mol. The molecular formula is C25H26BrClF3N3O4. The van der Waals surface area contributed by atoms with Gasteiger partial charge in [0, 0.05) is 24.2 Å². The Morgan fingerprint density at radius 1 is 1.22 bits per heavy atom. The maximum atomic E-state index is 13.9. The molecule has 5 unspecified atom stereocenters. The number of nitrogens with zero attached hydrogens (tertiary/aromatic N) is 2. The Kier molecular flexibility index (Phi) is 8.95. The van der Waals surface area contributed by atoms with E-state index in [1.165, 1.54) is 19.2 Å². The van der Waals surface area contributed by atoms with Gasteiger partial charge in [-0.1, -0.05) is 41.9 Å². The standard InChI is InChI=1S/C25H26BrClF3N3O4/c1-14-21(13-35-24(36-14)15-6-4-3-5-7-15)37-23(20(12-31)34-2)19-11-22(26)32-33(19)18-10-16(27)8-9-17(18)25(28,29)30/h3-11,14,20-21,23-24H,12-13,31H2,1-2H3. The summed E-state index contributed by atoms with van der Waals surface area (Å²) in [7, 11) is 1.45. The van der Waals surface area contributed by atoms with Crippen LogP contribution in [0, 0.1) is 0 Å². The lowest BCUT2D eigenvalue weighted by atomic mass is 10.1. The molecule has 0 amide bonds. The van der Waals surface area contributed by atoms with Gasteiger partial charge in [0.1, 0.15) is 22.9 Å². The number of halogens is 5. The Hall–Kier alpha value is -1.99. The van der Waals surface area contributed by atoms with E-state index in [9.17, 15) is 13.2 Å². The second kappa shape index (κ2) is 11.8. The van der Waals surface area contributed by atoms with Crippen LogP contribution in [0.2, 0.25) is 5.02 Å². The minimum atomic E-state index is -4.65. The zero-order chi connectivity index (χ0) is 26.7. The van der Waals surface area contributed by atoms with Gasteiger partial charge in [0.15, 0.2) is 6.29 Å². The van der Waals surface area contributed by atoms with Crippen LogP contribution in [0.4, 0.5) is 13.2 Å². The Bertz CT molecular complexity index is 1190. The van der Waals surface area contributed by atoms with Crippen LogP contribution in [-0.2, 0) is 25.1 Å². The molecule has 1 aliphatic rings. The molecule has 0 spiro atoms. The van der Waals surface area contributed by atoms with Gasteiger partial charge < -0.3 is 24.7 Å². The third-order valence-corrected chi connectivity index (χ3v) is 6.65. The first kappa shape index (κ1) is 28.0. The zero-order valence-electron chi connectivity index (χ0n) is 20.0. The molecule has 1 fully saturated rings. The molecule has 2 aromatic carbocycles. The fraction of sp³-hybridized carbons (Fsp3) is 0.400. The number of benzene rings is 2. The van der Waals surface area contributed by atoms with Gasteiger partial charge in [0.25, 0.3) is 0 Å². The van der Waals surface area contributed by atoms with Crippen molar-refractivity contribution in [3.05, 3.63) is 81.0 Å². The molecule has 1 saturated heterocycles. The molecule has 7 nitrogen and oxygen atoms in total. The highest BCUT2D eigenvalue weighted by atomic mass is 79.9. The van der Waals surface area contributed by atoms with E-state index in [-0.39, 0.29) is 29.6 Å². The second-order valence-electron chi connectivity index (χ2n) is 8.49. The maximum Gasteiger partial charge on any atom is 0.418 e. The van der Waals surface area contributed by atoms with Gasteiger partial charge in [-0.25, -0.2) is 4.68 Å². The summed E-state index contributed by atoms with van der Waals surface area (Å²) in [6.45, 7) is 2.05. The van der Waals surface area contributed by atoms with Gasteiger partial charge in [-0.2, -0.15) is 18.3 Å². The molecule has 4 rings (SSSR count). The molecule has 1 aliphatic heterocycles. The van der Waals surface area contributed by atoms with E-state index in [0.717, 1.165) is 16.3 Å². The van der Waals surface area contributed by atoms with E-state index in [1.807, 2.05) is 37.3 Å². The summed E-state index contributed by atoms with van der Waals surface area (Å²) in [5, 5.41) is 4.39. The molecule has 0 bridgehead atoms. The van der Waals surface area contributed by atoms with Crippen molar-refractivity contribution in [2.24, 2.45) is 5.73 Å². The minimum absolute atomic E-state index is 0.0289. The molecule has 200 valence electrons. The average molecular weight is 605 g/mol. The fourth-order valence-corrected chi connectivity index (χ4v) is 4.69. The van der Waals surface area contributed by atoms with Crippen molar-refractivity contribution in [1.82, 2.24) is 9.78 Å². The van der Waals surface area contributed by atoms with Crippen LogP contribution in [0.1, 0.15) is 36.1 Å². The van der Waals surface area contributed by atoms with Crippen LogP contribution in [0.25, 0.3) is 5.69 Å². The maximum absolute atomic E-state index is 13.9. The quantitative estimate of drug-likeness (QED) is 0.348. The number of nitrogens with two attached hydrogens (primary N) is 1. The molecule has 0 aliphatic carbocycles. The highest BCUT2D eigenvalue weighted by Gasteiger charge is 2.39. The van der Waals surface area contributed by atoms with E-state index in [4.69, 9.17) is 36.3 Å². The van der Waals surface area contributed by atoms with E-state index < -0.39 is 42.4 Å². The Labute approximate surface area is 225 Å². The SMILES string of the molecule is COC(CN)C(OC1COC(c2ccccc2)OC1C)c1cc(Br)nn1-c1cc(Cl)ccc1C(F)(F)F. The van der Waals surface area contributed by atoms with Gasteiger partial charge in [-0.05, 0) is 47.1 Å². The number of alkyl halides is 3. The van der Waals surface area contributed by atoms with Crippen LogP contribution in [0.5, 0.6) is 0 Å². The Morgan fingerprint density at radius 3 is 2.57 bits per heavy atom. The Morgan fingerprint density at radius 2 is 1.95 bits per heavy atom. The normalized spacial score (nSPS) is 22.1. The van der Waals surface area contributed by atoms with E-state index in [1.54, 1.807) is 6.07 Å². The summed E-state index contributed by atoms with van der Waals surface area (Å²) in [6.07, 6.45) is -7.82. The van der Waals surface area contributed by atoms with E-state index in [2.05, 4.69) is 21.0 Å². The van der Waals surface area contributed by atoms with Crippen molar-refractivity contribution in [3.8, 4) is 5.69 Å². The molecular weight excluding hydrogens is 579 g/mol. The van der Waals surface area contributed by atoms with Crippen LogP contribution >= 0.6 is 27.5 Å². The molecule has 0 saturated carbocycles. The molecule has 1 aromatic heterocycles. The highest BCUT2D eigenvalue weighted by molar-refractivity contribution is 9.10. The zero-order valence-corrected chi connectivity index (χ0v) is 22.3. The van der Waals surface area contributed by atoms with Crippen molar-refractivity contribution >= 4 is 27.5 Å². The summed E-state index contributed by atoms with van der Waals surface area (Å²) in [5.74, 6) is 0. The van der Waals surface area contributed by atoms with Gasteiger partial charge in [0.05, 0.1) is 29.7 Å². The highest BCUT2D eigenvalue weighted by Crippen LogP contribution is 2.38. The number of aromatic nitrogens is 2. The molecule has 12 heteroatoms. The van der Waals surface area contributed by atoms with Gasteiger partial charge in [-0.3, -0.25) is 0 Å². The summed E-state index contributed by atoms with van der Waals surface area (Å²) in [6, 6.07) is 14.3. The van der Waals surface area contributed by atoms with Crippen LogP contribution in [0.15, 0.2) is 59.2 Å². The summed E-state index contributed by atoms with van der Waals surface area (Å²) in [5.41, 5.74) is 5.96. The number of hydrogen-bond acceptors (Lipinski definition) is 6. The molecule has 37 heavy (non-hydrogen) atoms. The summed E-state index contributed by atoms with van der Waals surface area (Å²) in [4.78, 5) is 0. The van der Waals surface area contributed by atoms with Gasteiger partial charge >= 0.3 is 6.18 Å².